The SMILES string of the molecule is NC(=O)C(N)(C(N)=O)C(=O)c1ccccc1. The molecule has 6 nitrogen and oxygen atoms in total. The summed E-state index contributed by atoms with van der Waals surface area (Å²) in [6, 6.07) is 7.63. The second kappa shape index (κ2) is 4.11. The van der Waals surface area contributed by atoms with Crippen LogP contribution in [0.15, 0.2) is 30.3 Å². The van der Waals surface area contributed by atoms with Crippen LogP contribution in [0.5, 0.6) is 0 Å². The van der Waals surface area contributed by atoms with Crippen LogP contribution in [0.3, 0.4) is 0 Å². The van der Waals surface area contributed by atoms with Crippen molar-refractivity contribution >= 4 is 17.6 Å². The van der Waals surface area contributed by atoms with E-state index in [-0.39, 0.29) is 5.56 Å². The average Bonchev–Trinajstić information content (AvgIpc) is 2.27. The minimum absolute atomic E-state index is 0.0996. The van der Waals surface area contributed by atoms with E-state index in [4.69, 9.17) is 17.2 Å². The van der Waals surface area contributed by atoms with E-state index in [2.05, 4.69) is 0 Å². The number of ketones is 1. The molecule has 0 unspecified atom stereocenters. The molecule has 0 aliphatic rings. The first-order valence-electron chi connectivity index (χ1n) is 4.39. The lowest BCUT2D eigenvalue weighted by atomic mass is 9.89. The van der Waals surface area contributed by atoms with Crippen molar-refractivity contribution in [3.05, 3.63) is 35.9 Å². The Labute approximate surface area is 91.4 Å². The van der Waals surface area contributed by atoms with Gasteiger partial charge in [-0.1, -0.05) is 30.3 Å². The third-order valence-electron chi connectivity index (χ3n) is 2.17. The van der Waals surface area contributed by atoms with Crippen molar-refractivity contribution in [3.63, 3.8) is 0 Å². The van der Waals surface area contributed by atoms with Gasteiger partial charge in [0.2, 0.25) is 11.3 Å². The molecule has 0 saturated heterocycles. The van der Waals surface area contributed by atoms with Crippen molar-refractivity contribution in [1.82, 2.24) is 0 Å². The molecule has 0 radical (unpaired) electrons. The molecule has 2 amide bonds. The Morgan fingerprint density at radius 3 is 1.75 bits per heavy atom. The summed E-state index contributed by atoms with van der Waals surface area (Å²) < 4.78 is 0. The number of rotatable bonds is 4. The Kier molecular flexibility index (Phi) is 3.05. The van der Waals surface area contributed by atoms with E-state index in [1.165, 1.54) is 12.1 Å². The summed E-state index contributed by atoms with van der Waals surface area (Å²) in [7, 11) is 0. The van der Waals surface area contributed by atoms with E-state index >= 15 is 0 Å². The molecule has 0 bridgehead atoms. The summed E-state index contributed by atoms with van der Waals surface area (Å²) in [5, 5.41) is 0. The van der Waals surface area contributed by atoms with E-state index in [1.54, 1.807) is 18.2 Å². The summed E-state index contributed by atoms with van der Waals surface area (Å²) in [6.45, 7) is 0. The molecule has 0 atom stereocenters. The molecule has 0 fully saturated rings. The quantitative estimate of drug-likeness (QED) is 0.423. The van der Waals surface area contributed by atoms with Gasteiger partial charge in [-0.15, -0.1) is 0 Å². The number of primary amides is 2. The van der Waals surface area contributed by atoms with Crippen LogP contribution in [0.25, 0.3) is 0 Å². The number of carbonyl (C=O) groups excluding carboxylic acids is 3. The highest BCUT2D eigenvalue weighted by Crippen LogP contribution is 2.10. The first kappa shape index (κ1) is 11.9. The fourth-order valence-electron chi connectivity index (χ4n) is 1.16. The maximum absolute atomic E-state index is 11.8. The van der Waals surface area contributed by atoms with Gasteiger partial charge in [0.1, 0.15) is 0 Å². The molecule has 1 aromatic carbocycles. The third-order valence-corrected chi connectivity index (χ3v) is 2.17. The third kappa shape index (κ3) is 1.78. The van der Waals surface area contributed by atoms with Crippen LogP contribution in [0, 0.1) is 0 Å². The largest absolute Gasteiger partial charge is 0.367 e. The maximum Gasteiger partial charge on any atom is 0.255 e. The van der Waals surface area contributed by atoms with Crippen molar-refractivity contribution in [2.45, 2.75) is 5.54 Å². The smallest absolute Gasteiger partial charge is 0.255 e. The van der Waals surface area contributed by atoms with Gasteiger partial charge in [-0.25, -0.2) is 0 Å². The van der Waals surface area contributed by atoms with E-state index < -0.39 is 23.1 Å². The number of benzene rings is 1. The predicted molar refractivity (Wildman–Crippen MR) is 56.1 cm³/mol. The highest BCUT2D eigenvalue weighted by Gasteiger charge is 2.46. The molecular weight excluding hydrogens is 210 g/mol. The predicted octanol–water partition coefficient (Wildman–Crippen LogP) is -1.46. The molecule has 0 heterocycles. The van der Waals surface area contributed by atoms with Gasteiger partial charge in [0.15, 0.2) is 0 Å². The van der Waals surface area contributed by atoms with Crippen molar-refractivity contribution in [3.8, 4) is 0 Å². The second-order valence-electron chi connectivity index (χ2n) is 3.23. The van der Waals surface area contributed by atoms with Gasteiger partial charge in [-0.2, -0.15) is 0 Å². The number of hydrogen-bond donors (Lipinski definition) is 3. The molecule has 1 aromatic rings. The Morgan fingerprint density at radius 1 is 0.938 bits per heavy atom. The van der Waals surface area contributed by atoms with E-state index in [1.807, 2.05) is 0 Å². The Bertz CT molecular complexity index is 428. The lowest BCUT2D eigenvalue weighted by Crippen LogP contribution is -2.66. The monoisotopic (exact) mass is 221 g/mol. The van der Waals surface area contributed by atoms with E-state index in [9.17, 15) is 14.4 Å². The lowest BCUT2D eigenvalue weighted by molar-refractivity contribution is -0.131. The van der Waals surface area contributed by atoms with Gasteiger partial charge < -0.3 is 17.2 Å². The van der Waals surface area contributed by atoms with Crippen molar-refractivity contribution in [2.75, 3.05) is 0 Å². The van der Waals surface area contributed by atoms with E-state index in [0.29, 0.717) is 0 Å². The van der Waals surface area contributed by atoms with Gasteiger partial charge in [-0.3, -0.25) is 14.4 Å². The maximum atomic E-state index is 11.8. The van der Waals surface area contributed by atoms with Crippen molar-refractivity contribution in [2.24, 2.45) is 17.2 Å². The van der Waals surface area contributed by atoms with Crippen LogP contribution in [0.2, 0.25) is 0 Å². The van der Waals surface area contributed by atoms with Crippen LogP contribution in [0.1, 0.15) is 10.4 Å². The number of carbonyl (C=O) groups is 3. The molecule has 0 saturated carbocycles. The first-order chi connectivity index (χ1) is 7.40. The molecule has 0 aliphatic carbocycles. The fraction of sp³-hybridized carbons (Fsp3) is 0.100. The van der Waals surface area contributed by atoms with Crippen LogP contribution in [0.4, 0.5) is 0 Å². The molecule has 84 valence electrons. The number of hydrogen-bond acceptors (Lipinski definition) is 4. The zero-order valence-electron chi connectivity index (χ0n) is 8.34. The Hall–Kier alpha value is -2.21. The molecule has 0 aliphatic heterocycles. The normalized spacial score (nSPS) is 10.8. The molecule has 1 rings (SSSR count). The number of Topliss-reactive ketones (excluding diaryl/α,β-unsaturated/α-hetero) is 1. The molecular formula is C10H11N3O3. The zero-order valence-corrected chi connectivity index (χ0v) is 8.34. The van der Waals surface area contributed by atoms with Gasteiger partial charge in [0, 0.05) is 5.56 Å². The second-order valence-corrected chi connectivity index (χ2v) is 3.23. The van der Waals surface area contributed by atoms with Crippen LogP contribution >= 0.6 is 0 Å². The standard InChI is InChI=1S/C10H11N3O3/c11-8(15)10(13,9(12)16)7(14)6-4-2-1-3-5-6/h1-5H,13H2,(H2,11,15)(H2,12,16). The Balaban J connectivity index is 3.22. The molecule has 6 N–H and O–H groups in total. The summed E-state index contributed by atoms with van der Waals surface area (Å²) in [5.41, 5.74) is 12.8. The molecule has 0 aromatic heterocycles. The molecule has 16 heavy (non-hydrogen) atoms. The Morgan fingerprint density at radius 2 is 1.38 bits per heavy atom. The molecule has 6 heteroatoms. The van der Waals surface area contributed by atoms with Crippen LogP contribution in [-0.2, 0) is 9.59 Å². The van der Waals surface area contributed by atoms with Gasteiger partial charge >= 0.3 is 0 Å². The first-order valence-corrected chi connectivity index (χ1v) is 4.39. The number of amides is 2. The summed E-state index contributed by atoms with van der Waals surface area (Å²) in [6.07, 6.45) is 0. The zero-order chi connectivity index (χ0) is 12.3. The van der Waals surface area contributed by atoms with Crippen LogP contribution < -0.4 is 17.2 Å². The van der Waals surface area contributed by atoms with Gasteiger partial charge in [0.25, 0.3) is 11.8 Å². The average molecular weight is 221 g/mol. The molecule has 0 spiro atoms. The lowest BCUT2D eigenvalue weighted by Gasteiger charge is -2.20. The highest BCUT2D eigenvalue weighted by molar-refractivity contribution is 6.31. The summed E-state index contributed by atoms with van der Waals surface area (Å²) >= 11 is 0. The van der Waals surface area contributed by atoms with E-state index in [0.717, 1.165) is 0 Å². The van der Waals surface area contributed by atoms with Crippen LogP contribution in [-0.4, -0.2) is 23.1 Å². The van der Waals surface area contributed by atoms with Gasteiger partial charge in [0.05, 0.1) is 0 Å². The van der Waals surface area contributed by atoms with Crippen molar-refractivity contribution in [1.29, 1.82) is 0 Å². The minimum atomic E-state index is -2.50. The minimum Gasteiger partial charge on any atom is -0.367 e. The summed E-state index contributed by atoms with van der Waals surface area (Å²) in [5.74, 6) is -3.45. The summed E-state index contributed by atoms with van der Waals surface area (Å²) in [4.78, 5) is 33.9. The van der Waals surface area contributed by atoms with Gasteiger partial charge in [-0.05, 0) is 0 Å². The number of nitrogens with two attached hydrogens (primary N) is 3. The highest BCUT2D eigenvalue weighted by atomic mass is 16.2. The fourth-order valence-corrected chi connectivity index (χ4v) is 1.16. The van der Waals surface area contributed by atoms with Crippen molar-refractivity contribution < 1.29 is 14.4 Å². The topological polar surface area (TPSA) is 129 Å².